The van der Waals surface area contributed by atoms with Crippen molar-refractivity contribution < 1.29 is 9.47 Å². The van der Waals surface area contributed by atoms with Crippen molar-refractivity contribution in [2.75, 3.05) is 19.7 Å². The third-order valence-electron chi connectivity index (χ3n) is 3.92. The van der Waals surface area contributed by atoms with Gasteiger partial charge in [-0.05, 0) is 43.3 Å². The predicted molar refractivity (Wildman–Crippen MR) is 81.3 cm³/mol. The van der Waals surface area contributed by atoms with Crippen LogP contribution in [0.4, 0.5) is 0 Å². The van der Waals surface area contributed by atoms with Crippen LogP contribution in [-0.4, -0.2) is 25.3 Å². The van der Waals surface area contributed by atoms with E-state index < -0.39 is 0 Å². The van der Waals surface area contributed by atoms with E-state index in [2.05, 4.69) is 31.3 Å². The Morgan fingerprint density at radius 2 is 2.10 bits per heavy atom. The minimum Gasteiger partial charge on any atom is -0.493 e. The van der Waals surface area contributed by atoms with E-state index in [9.17, 15) is 0 Å². The molecule has 3 heteroatoms. The van der Waals surface area contributed by atoms with Crippen molar-refractivity contribution >= 4 is 6.08 Å². The molecule has 3 rings (SSSR count). The van der Waals surface area contributed by atoms with E-state index in [0.717, 1.165) is 49.6 Å². The van der Waals surface area contributed by atoms with Crippen LogP contribution in [0, 0.1) is 5.92 Å². The van der Waals surface area contributed by atoms with Crippen LogP contribution in [0.3, 0.4) is 0 Å². The van der Waals surface area contributed by atoms with E-state index in [-0.39, 0.29) is 5.60 Å². The van der Waals surface area contributed by atoms with E-state index in [1.807, 2.05) is 18.2 Å². The van der Waals surface area contributed by atoms with Gasteiger partial charge in [-0.25, -0.2) is 0 Å². The van der Waals surface area contributed by atoms with Gasteiger partial charge in [0.1, 0.15) is 17.1 Å². The highest BCUT2D eigenvalue weighted by Crippen LogP contribution is 2.39. The number of hydrogen-bond donors (Lipinski definition) is 1. The first kappa shape index (κ1) is 13.5. The molecule has 0 aliphatic carbocycles. The van der Waals surface area contributed by atoms with Crippen molar-refractivity contribution in [2.45, 2.75) is 32.3 Å². The summed E-state index contributed by atoms with van der Waals surface area (Å²) in [6.45, 7) is 7.09. The Morgan fingerprint density at radius 3 is 2.85 bits per heavy atom. The maximum atomic E-state index is 6.30. The lowest BCUT2D eigenvalue weighted by Crippen LogP contribution is -2.45. The zero-order chi connectivity index (χ0) is 14.0. The van der Waals surface area contributed by atoms with Crippen LogP contribution in [0.1, 0.15) is 32.3 Å². The molecule has 0 amide bonds. The molecule has 1 saturated heterocycles. The van der Waals surface area contributed by atoms with Crippen LogP contribution >= 0.6 is 0 Å². The summed E-state index contributed by atoms with van der Waals surface area (Å²) in [5.41, 5.74) is 0.965. The topological polar surface area (TPSA) is 30.5 Å². The van der Waals surface area contributed by atoms with Gasteiger partial charge in [0.2, 0.25) is 0 Å². The van der Waals surface area contributed by atoms with Crippen LogP contribution in [-0.2, 0) is 0 Å². The van der Waals surface area contributed by atoms with Gasteiger partial charge in [0.05, 0.1) is 12.2 Å². The Bertz CT molecular complexity index is 502. The van der Waals surface area contributed by atoms with Gasteiger partial charge in [-0.15, -0.1) is 0 Å². The fourth-order valence-electron chi connectivity index (χ4n) is 2.77. The van der Waals surface area contributed by atoms with Gasteiger partial charge < -0.3 is 14.8 Å². The van der Waals surface area contributed by atoms with Crippen LogP contribution in [0.5, 0.6) is 11.5 Å². The summed E-state index contributed by atoms with van der Waals surface area (Å²) < 4.78 is 12.2. The Kier molecular flexibility index (Phi) is 3.70. The zero-order valence-electron chi connectivity index (χ0n) is 12.3. The second kappa shape index (κ2) is 5.49. The molecule has 1 N–H and O–H groups in total. The lowest BCUT2D eigenvalue weighted by molar-refractivity contribution is 0.0817. The molecule has 1 aromatic rings. The number of fused-ring (bicyclic) bond motifs is 1. The van der Waals surface area contributed by atoms with Crippen LogP contribution < -0.4 is 14.8 Å². The normalized spacial score (nSPS) is 19.8. The van der Waals surface area contributed by atoms with E-state index >= 15 is 0 Å². The van der Waals surface area contributed by atoms with Crippen molar-refractivity contribution in [3.05, 3.63) is 29.8 Å². The van der Waals surface area contributed by atoms with Gasteiger partial charge in [0.15, 0.2) is 0 Å². The molecular formula is C17H23NO2. The second-order valence-corrected chi connectivity index (χ2v) is 6.12. The van der Waals surface area contributed by atoms with Crippen LogP contribution in [0.25, 0.3) is 6.08 Å². The fourth-order valence-corrected chi connectivity index (χ4v) is 2.77. The standard InChI is InChI=1S/C17H23NO2/c1-13(2)12-19-15-4-3-5-16-14(15)6-7-17(20-16)8-10-18-11-9-17/h3-7,13,18H,8-12H2,1-2H3. The van der Waals surface area contributed by atoms with E-state index in [1.54, 1.807) is 0 Å². The smallest absolute Gasteiger partial charge is 0.131 e. The molecule has 1 spiro atoms. The zero-order valence-corrected chi connectivity index (χ0v) is 12.3. The summed E-state index contributed by atoms with van der Waals surface area (Å²) in [6.07, 6.45) is 6.46. The van der Waals surface area contributed by atoms with Gasteiger partial charge in [0.25, 0.3) is 0 Å². The number of hydrogen-bond acceptors (Lipinski definition) is 3. The van der Waals surface area contributed by atoms with Crippen molar-refractivity contribution in [1.82, 2.24) is 5.32 Å². The minimum atomic E-state index is -0.116. The maximum absolute atomic E-state index is 6.30. The molecule has 0 radical (unpaired) electrons. The average molecular weight is 273 g/mol. The monoisotopic (exact) mass is 273 g/mol. The number of nitrogens with one attached hydrogen (secondary N) is 1. The summed E-state index contributed by atoms with van der Waals surface area (Å²) in [6, 6.07) is 6.09. The van der Waals surface area contributed by atoms with Crippen LogP contribution in [0.15, 0.2) is 24.3 Å². The maximum Gasteiger partial charge on any atom is 0.131 e. The molecule has 0 saturated carbocycles. The highest BCUT2D eigenvalue weighted by molar-refractivity contribution is 5.67. The minimum absolute atomic E-state index is 0.116. The van der Waals surface area contributed by atoms with Gasteiger partial charge in [-0.1, -0.05) is 19.9 Å². The van der Waals surface area contributed by atoms with Crippen molar-refractivity contribution in [2.24, 2.45) is 5.92 Å². The molecule has 0 atom stereocenters. The molecule has 20 heavy (non-hydrogen) atoms. The van der Waals surface area contributed by atoms with Crippen molar-refractivity contribution in [3.63, 3.8) is 0 Å². The highest BCUT2D eigenvalue weighted by atomic mass is 16.5. The first-order valence-electron chi connectivity index (χ1n) is 7.53. The summed E-state index contributed by atoms with van der Waals surface area (Å²) in [7, 11) is 0. The SMILES string of the molecule is CC(C)COc1cccc2c1C=CC1(CCNCC1)O2. The largest absolute Gasteiger partial charge is 0.493 e. The molecule has 0 unspecified atom stereocenters. The van der Waals surface area contributed by atoms with Crippen LogP contribution in [0.2, 0.25) is 0 Å². The van der Waals surface area contributed by atoms with Crippen molar-refractivity contribution in [1.29, 1.82) is 0 Å². The Morgan fingerprint density at radius 1 is 1.30 bits per heavy atom. The predicted octanol–water partition coefficient (Wildman–Crippen LogP) is 3.25. The van der Waals surface area contributed by atoms with Gasteiger partial charge in [-0.3, -0.25) is 0 Å². The molecule has 2 aliphatic rings. The Balaban J connectivity index is 1.83. The summed E-state index contributed by atoms with van der Waals surface area (Å²) in [5, 5.41) is 3.39. The Hall–Kier alpha value is -1.48. The third-order valence-corrected chi connectivity index (χ3v) is 3.92. The van der Waals surface area contributed by atoms with Gasteiger partial charge >= 0.3 is 0 Å². The summed E-state index contributed by atoms with van der Waals surface area (Å²) >= 11 is 0. The summed E-state index contributed by atoms with van der Waals surface area (Å²) in [5.74, 6) is 2.40. The molecular weight excluding hydrogens is 250 g/mol. The second-order valence-electron chi connectivity index (χ2n) is 6.12. The molecule has 1 fully saturated rings. The highest BCUT2D eigenvalue weighted by Gasteiger charge is 2.34. The molecule has 2 heterocycles. The first-order valence-corrected chi connectivity index (χ1v) is 7.53. The quantitative estimate of drug-likeness (QED) is 0.917. The van der Waals surface area contributed by atoms with Crippen molar-refractivity contribution in [3.8, 4) is 11.5 Å². The van der Waals surface area contributed by atoms with Gasteiger partial charge in [-0.2, -0.15) is 0 Å². The lowest BCUT2D eigenvalue weighted by Gasteiger charge is -2.38. The number of piperidine rings is 1. The van der Waals surface area contributed by atoms with Gasteiger partial charge in [0, 0.05) is 12.8 Å². The third kappa shape index (κ3) is 2.68. The average Bonchev–Trinajstić information content (AvgIpc) is 2.45. The number of benzene rings is 1. The number of rotatable bonds is 3. The lowest BCUT2D eigenvalue weighted by atomic mass is 9.89. The molecule has 0 bridgehead atoms. The number of ether oxygens (including phenoxy) is 2. The van der Waals surface area contributed by atoms with E-state index in [0.29, 0.717) is 5.92 Å². The molecule has 3 nitrogen and oxygen atoms in total. The molecule has 0 aromatic heterocycles. The first-order chi connectivity index (χ1) is 9.69. The molecule has 108 valence electrons. The summed E-state index contributed by atoms with van der Waals surface area (Å²) in [4.78, 5) is 0. The van der Waals surface area contributed by atoms with E-state index in [4.69, 9.17) is 9.47 Å². The Labute approximate surface area is 121 Å². The van der Waals surface area contributed by atoms with E-state index in [1.165, 1.54) is 0 Å². The molecule has 1 aromatic carbocycles. The molecule has 2 aliphatic heterocycles. The fraction of sp³-hybridized carbons (Fsp3) is 0.529.